The second kappa shape index (κ2) is 8.70. The maximum Gasteiger partial charge on any atom is 0.324 e. The maximum atomic E-state index is 13.6. The summed E-state index contributed by atoms with van der Waals surface area (Å²) in [5.41, 5.74) is -1.01. The number of anilines is 1. The van der Waals surface area contributed by atoms with E-state index in [-0.39, 0.29) is 12.2 Å². The van der Waals surface area contributed by atoms with Crippen molar-refractivity contribution in [3.8, 4) is 5.75 Å². The lowest BCUT2D eigenvalue weighted by Crippen LogP contribution is -2.56. The van der Waals surface area contributed by atoms with Crippen LogP contribution in [-0.2, 0) is 14.4 Å². The van der Waals surface area contributed by atoms with Crippen LogP contribution in [0.5, 0.6) is 5.75 Å². The van der Waals surface area contributed by atoms with Crippen molar-refractivity contribution in [1.82, 2.24) is 5.32 Å². The molecule has 0 aliphatic carbocycles. The molecule has 10 heteroatoms. The van der Waals surface area contributed by atoms with Gasteiger partial charge in [-0.3, -0.25) is 19.7 Å². The lowest BCUT2D eigenvalue weighted by atomic mass is 9.78. The number of carbonyl (C=O) groups is 3. The Kier molecular flexibility index (Phi) is 6.28. The van der Waals surface area contributed by atoms with Crippen molar-refractivity contribution in [3.05, 3.63) is 57.5 Å². The Bertz CT molecular complexity index is 1120. The molecule has 2 aliphatic heterocycles. The summed E-state index contributed by atoms with van der Waals surface area (Å²) in [5.74, 6) is -4.06. The number of thioether (sulfide) groups is 1. The number of phenolic OH excluding ortho intramolecular Hbond substituents is 1. The number of imide groups is 1. The van der Waals surface area contributed by atoms with Gasteiger partial charge in [0, 0.05) is 21.1 Å². The zero-order chi connectivity index (χ0) is 23.2. The Morgan fingerprint density at radius 1 is 1.25 bits per heavy atom. The van der Waals surface area contributed by atoms with Crippen LogP contribution in [0, 0.1) is 11.8 Å². The van der Waals surface area contributed by atoms with Gasteiger partial charge >= 0.3 is 5.97 Å². The molecule has 2 aliphatic rings. The topological polar surface area (TPSA) is 107 Å². The number of fused-ring (bicyclic) bond motifs is 1. The summed E-state index contributed by atoms with van der Waals surface area (Å²) in [4.78, 5) is 40.8. The van der Waals surface area contributed by atoms with Crippen molar-refractivity contribution in [2.45, 2.75) is 18.0 Å². The highest BCUT2D eigenvalue weighted by Crippen LogP contribution is 2.52. The van der Waals surface area contributed by atoms with Crippen LogP contribution in [0.2, 0.25) is 5.02 Å². The van der Waals surface area contributed by atoms with Gasteiger partial charge in [0.25, 0.3) is 0 Å². The molecule has 168 valence electrons. The van der Waals surface area contributed by atoms with Crippen LogP contribution in [0.15, 0.2) is 46.9 Å². The van der Waals surface area contributed by atoms with Gasteiger partial charge in [-0.25, -0.2) is 4.90 Å². The number of nitrogens with one attached hydrogen (secondary N) is 1. The van der Waals surface area contributed by atoms with Gasteiger partial charge in [0.15, 0.2) is 0 Å². The second-order valence-corrected chi connectivity index (χ2v) is 10.2. The van der Waals surface area contributed by atoms with Gasteiger partial charge in [-0.1, -0.05) is 33.6 Å². The highest BCUT2D eigenvalue weighted by molar-refractivity contribution is 9.10. The molecule has 32 heavy (non-hydrogen) atoms. The van der Waals surface area contributed by atoms with E-state index >= 15 is 0 Å². The minimum Gasteiger partial charge on any atom is -0.508 e. The summed E-state index contributed by atoms with van der Waals surface area (Å²) in [6, 6.07) is 10.2. The molecule has 0 unspecified atom stereocenters. The molecule has 0 spiro atoms. The minimum absolute atomic E-state index is 0.0861. The molecule has 2 heterocycles. The van der Waals surface area contributed by atoms with Crippen LogP contribution >= 0.6 is 39.3 Å². The number of carboxylic acids is 1. The van der Waals surface area contributed by atoms with Crippen LogP contribution in [0.1, 0.15) is 18.0 Å². The molecular weight excluding hydrogens is 520 g/mol. The van der Waals surface area contributed by atoms with E-state index in [0.29, 0.717) is 26.5 Å². The zero-order valence-electron chi connectivity index (χ0n) is 16.9. The number of carboxylic acid groups (broad SMARTS) is 1. The highest BCUT2D eigenvalue weighted by Gasteiger charge is 2.68. The SMILES string of the molecule is CSCC[C@]1(C(=O)O)N[C@H](c2cc(Br)ccc2O)[C@H]2C(=O)N(c3cccc(Cl)c3)C(=O)[C@@H]21. The number of carbonyl (C=O) groups excluding carboxylic acids is 2. The van der Waals surface area contributed by atoms with Crippen molar-refractivity contribution < 1.29 is 24.6 Å². The van der Waals surface area contributed by atoms with Gasteiger partial charge in [0.05, 0.1) is 17.5 Å². The smallest absolute Gasteiger partial charge is 0.324 e. The number of rotatable bonds is 6. The van der Waals surface area contributed by atoms with Crippen molar-refractivity contribution >= 4 is 62.8 Å². The third-order valence-electron chi connectivity index (χ3n) is 6.13. The molecule has 4 rings (SSSR count). The predicted molar refractivity (Wildman–Crippen MR) is 126 cm³/mol. The monoisotopic (exact) mass is 538 g/mol. The normalized spacial score (nSPS) is 27.1. The van der Waals surface area contributed by atoms with Gasteiger partial charge in [-0.05, 0) is 54.8 Å². The van der Waals surface area contributed by atoms with E-state index in [1.54, 1.807) is 30.3 Å². The number of aliphatic carboxylic acids is 1. The van der Waals surface area contributed by atoms with Crippen LogP contribution in [0.3, 0.4) is 0 Å². The summed E-state index contributed by atoms with van der Waals surface area (Å²) >= 11 is 10.9. The molecule has 0 aromatic heterocycles. The number of phenols is 1. The molecule has 0 bridgehead atoms. The van der Waals surface area contributed by atoms with Gasteiger partial charge in [0.1, 0.15) is 11.3 Å². The average molecular weight is 540 g/mol. The van der Waals surface area contributed by atoms with E-state index < -0.39 is 41.2 Å². The summed E-state index contributed by atoms with van der Waals surface area (Å²) in [6.45, 7) is 0. The number of halogens is 2. The van der Waals surface area contributed by atoms with E-state index in [1.165, 1.54) is 23.9 Å². The van der Waals surface area contributed by atoms with E-state index in [4.69, 9.17) is 11.6 Å². The van der Waals surface area contributed by atoms with Crippen LogP contribution in [0.4, 0.5) is 5.69 Å². The summed E-state index contributed by atoms with van der Waals surface area (Å²) < 4.78 is 0.657. The molecule has 2 aromatic carbocycles. The Morgan fingerprint density at radius 2 is 2.00 bits per heavy atom. The number of amides is 2. The van der Waals surface area contributed by atoms with E-state index in [1.807, 2.05) is 6.26 Å². The van der Waals surface area contributed by atoms with Crippen molar-refractivity contribution in [2.75, 3.05) is 16.9 Å². The summed E-state index contributed by atoms with van der Waals surface area (Å²) in [5, 5.41) is 24.3. The average Bonchev–Trinajstić information content (AvgIpc) is 3.23. The molecule has 2 amide bonds. The highest BCUT2D eigenvalue weighted by atomic mass is 79.9. The van der Waals surface area contributed by atoms with Gasteiger partial charge in [-0.2, -0.15) is 11.8 Å². The Hall–Kier alpha value is -2.07. The van der Waals surface area contributed by atoms with E-state index in [9.17, 15) is 24.6 Å². The first-order valence-corrected chi connectivity index (χ1v) is 12.4. The standard InChI is InChI=1S/C22H20BrClN2O5S/c1-32-8-7-22(21(30)31)17-16(18(25-22)14-9-11(23)5-6-15(14)27)19(28)26(20(17)29)13-4-2-3-12(24)10-13/h2-6,9-10,16-18,25,27H,7-8H2,1H3,(H,30,31)/t16-,17+,18+,22-/m0/s1. The molecule has 2 aromatic rings. The fraction of sp³-hybridized carbons (Fsp3) is 0.318. The van der Waals surface area contributed by atoms with Crippen LogP contribution < -0.4 is 10.2 Å². The molecule has 4 atom stereocenters. The third-order valence-corrected chi connectivity index (χ3v) is 7.47. The fourth-order valence-electron chi connectivity index (χ4n) is 4.71. The zero-order valence-corrected chi connectivity index (χ0v) is 20.1. The van der Waals surface area contributed by atoms with Gasteiger partial charge < -0.3 is 10.2 Å². The number of hydrogen-bond acceptors (Lipinski definition) is 6. The summed E-state index contributed by atoms with van der Waals surface area (Å²) in [7, 11) is 0. The van der Waals surface area contributed by atoms with Crippen molar-refractivity contribution in [1.29, 1.82) is 0 Å². The number of aromatic hydroxyl groups is 1. The number of benzene rings is 2. The molecule has 0 saturated carbocycles. The van der Waals surface area contributed by atoms with Crippen LogP contribution in [-0.4, -0.2) is 45.5 Å². The van der Waals surface area contributed by atoms with Gasteiger partial charge in [-0.15, -0.1) is 0 Å². The fourth-order valence-corrected chi connectivity index (χ4v) is 5.80. The quantitative estimate of drug-likeness (QED) is 0.479. The minimum atomic E-state index is -1.66. The molecule has 7 nitrogen and oxygen atoms in total. The first-order valence-electron chi connectivity index (χ1n) is 9.83. The van der Waals surface area contributed by atoms with Gasteiger partial charge in [0.2, 0.25) is 11.8 Å². The molecule has 2 fully saturated rings. The first kappa shape index (κ1) is 23.1. The van der Waals surface area contributed by atoms with E-state index in [0.717, 1.165) is 4.90 Å². The lowest BCUT2D eigenvalue weighted by molar-refractivity contribution is -0.148. The molecule has 3 N–H and O–H groups in total. The third kappa shape index (κ3) is 3.61. The van der Waals surface area contributed by atoms with E-state index in [2.05, 4.69) is 21.2 Å². The Labute approximate surface area is 202 Å². The largest absolute Gasteiger partial charge is 0.508 e. The summed E-state index contributed by atoms with van der Waals surface area (Å²) in [6.07, 6.45) is 1.98. The Balaban J connectivity index is 1.89. The lowest BCUT2D eigenvalue weighted by Gasteiger charge is -2.31. The Morgan fingerprint density at radius 3 is 2.66 bits per heavy atom. The van der Waals surface area contributed by atoms with Crippen molar-refractivity contribution in [2.24, 2.45) is 11.8 Å². The second-order valence-electron chi connectivity index (χ2n) is 7.84. The molecular formula is C22H20BrClN2O5S. The van der Waals surface area contributed by atoms with Crippen LogP contribution in [0.25, 0.3) is 0 Å². The predicted octanol–water partition coefficient (Wildman–Crippen LogP) is 3.83. The molecule has 0 radical (unpaired) electrons. The van der Waals surface area contributed by atoms with Crippen molar-refractivity contribution in [3.63, 3.8) is 0 Å². The molecule has 2 saturated heterocycles. The first-order chi connectivity index (χ1) is 15.2. The maximum absolute atomic E-state index is 13.6. The number of nitrogens with zero attached hydrogens (tertiary/aromatic N) is 1. The number of hydrogen-bond donors (Lipinski definition) is 3.